The zero-order valence-corrected chi connectivity index (χ0v) is 8.23. The number of hydrogen-bond donors (Lipinski definition) is 1. The summed E-state index contributed by atoms with van der Waals surface area (Å²) in [6.45, 7) is 8.27. The first-order chi connectivity index (χ1) is 5.57. The molecule has 0 atom stereocenters. The number of aryl methyl sites for hydroxylation is 1. The molecule has 0 amide bonds. The van der Waals surface area contributed by atoms with Gasteiger partial charge in [-0.15, -0.1) is 0 Å². The van der Waals surface area contributed by atoms with Gasteiger partial charge < -0.3 is 5.11 Å². The molecule has 0 fully saturated rings. The van der Waals surface area contributed by atoms with Crippen molar-refractivity contribution in [1.82, 2.24) is 0 Å². The maximum Gasteiger partial charge on any atom is 0.119 e. The molecule has 1 heteroatoms. The van der Waals surface area contributed by atoms with Crippen LogP contribution >= 0.6 is 0 Å². The summed E-state index contributed by atoms with van der Waals surface area (Å²) < 4.78 is 0. The molecule has 0 spiro atoms. The number of benzene rings is 1. The molecule has 0 heterocycles. The Morgan fingerprint density at radius 2 is 1.75 bits per heavy atom. The Kier molecular flexibility index (Phi) is 2.41. The van der Waals surface area contributed by atoms with Crippen molar-refractivity contribution >= 4 is 0 Å². The summed E-state index contributed by atoms with van der Waals surface area (Å²) >= 11 is 0. The third kappa shape index (κ3) is 1.31. The molecule has 0 unspecified atom stereocenters. The van der Waals surface area contributed by atoms with Crippen molar-refractivity contribution in [2.24, 2.45) is 0 Å². The molecule has 0 aliphatic carbocycles. The Bertz CT molecular complexity index is 300. The van der Waals surface area contributed by atoms with Gasteiger partial charge in [-0.3, -0.25) is 0 Å². The first-order valence-electron chi connectivity index (χ1n) is 4.36. The molecular weight excluding hydrogens is 148 g/mol. The first-order valence-corrected chi connectivity index (χ1v) is 4.36. The van der Waals surface area contributed by atoms with E-state index in [1.165, 1.54) is 16.7 Å². The monoisotopic (exact) mass is 164 g/mol. The summed E-state index contributed by atoms with van der Waals surface area (Å²) in [5.41, 5.74) is 4.78. The van der Waals surface area contributed by atoms with E-state index in [1.807, 2.05) is 13.0 Å². The summed E-state index contributed by atoms with van der Waals surface area (Å²) in [6.07, 6.45) is 0.902. The van der Waals surface area contributed by atoms with Crippen LogP contribution in [0.2, 0.25) is 0 Å². The van der Waals surface area contributed by atoms with Crippen LogP contribution in [-0.4, -0.2) is 5.11 Å². The van der Waals surface area contributed by atoms with Gasteiger partial charge in [0.25, 0.3) is 0 Å². The highest BCUT2D eigenvalue weighted by molar-refractivity contribution is 5.47. The van der Waals surface area contributed by atoms with Gasteiger partial charge in [0.15, 0.2) is 0 Å². The maximum atomic E-state index is 9.60. The number of phenols is 1. The van der Waals surface area contributed by atoms with Crippen LogP contribution in [0.4, 0.5) is 0 Å². The molecule has 1 aromatic rings. The molecule has 0 aliphatic rings. The summed E-state index contributed by atoms with van der Waals surface area (Å²) in [7, 11) is 0. The molecule has 1 N–H and O–H groups in total. The predicted molar refractivity (Wildman–Crippen MR) is 51.7 cm³/mol. The third-order valence-electron chi connectivity index (χ3n) is 2.62. The Labute approximate surface area is 74.1 Å². The summed E-state index contributed by atoms with van der Waals surface area (Å²) in [5, 5.41) is 9.60. The molecule has 12 heavy (non-hydrogen) atoms. The smallest absolute Gasteiger partial charge is 0.119 e. The van der Waals surface area contributed by atoms with Gasteiger partial charge in [0.1, 0.15) is 5.75 Å². The highest BCUT2D eigenvalue weighted by Gasteiger charge is 2.07. The molecule has 0 aromatic heterocycles. The van der Waals surface area contributed by atoms with Crippen LogP contribution in [0.25, 0.3) is 0 Å². The van der Waals surface area contributed by atoms with Crippen LogP contribution in [0, 0.1) is 20.8 Å². The highest BCUT2D eigenvalue weighted by atomic mass is 16.3. The van der Waals surface area contributed by atoms with Crippen LogP contribution in [0.3, 0.4) is 0 Å². The standard InChI is InChI=1S/C11H16O/c1-5-10-9(4)8(3)7(2)6-11(10)12/h6,12H,5H2,1-4H3. The zero-order valence-electron chi connectivity index (χ0n) is 8.23. The summed E-state index contributed by atoms with van der Waals surface area (Å²) in [4.78, 5) is 0. The molecule has 1 aromatic carbocycles. The molecule has 0 saturated heterocycles. The third-order valence-corrected chi connectivity index (χ3v) is 2.62. The van der Waals surface area contributed by atoms with Gasteiger partial charge in [0, 0.05) is 0 Å². The van der Waals surface area contributed by atoms with Crippen LogP contribution in [0.5, 0.6) is 5.75 Å². The number of phenolic OH excluding ortho intramolecular Hbond substituents is 1. The van der Waals surface area contributed by atoms with E-state index >= 15 is 0 Å². The predicted octanol–water partition coefficient (Wildman–Crippen LogP) is 2.88. The van der Waals surface area contributed by atoms with Crippen LogP contribution in [0.1, 0.15) is 29.2 Å². The van der Waals surface area contributed by atoms with Gasteiger partial charge in [-0.1, -0.05) is 6.92 Å². The van der Waals surface area contributed by atoms with Crippen molar-refractivity contribution in [1.29, 1.82) is 0 Å². The van der Waals surface area contributed by atoms with E-state index in [9.17, 15) is 5.11 Å². The lowest BCUT2D eigenvalue weighted by Gasteiger charge is -2.11. The van der Waals surface area contributed by atoms with Gasteiger partial charge in [-0.25, -0.2) is 0 Å². The van der Waals surface area contributed by atoms with Crippen molar-refractivity contribution in [2.75, 3.05) is 0 Å². The van der Waals surface area contributed by atoms with Crippen molar-refractivity contribution in [2.45, 2.75) is 34.1 Å². The number of hydrogen-bond acceptors (Lipinski definition) is 1. The molecule has 0 saturated carbocycles. The van der Waals surface area contributed by atoms with Gasteiger partial charge in [-0.2, -0.15) is 0 Å². The van der Waals surface area contributed by atoms with E-state index in [2.05, 4.69) is 20.8 Å². The molecule has 0 radical (unpaired) electrons. The Balaban J connectivity index is 3.40. The minimum absolute atomic E-state index is 0.443. The quantitative estimate of drug-likeness (QED) is 0.676. The highest BCUT2D eigenvalue weighted by Crippen LogP contribution is 2.26. The van der Waals surface area contributed by atoms with Gasteiger partial charge >= 0.3 is 0 Å². The van der Waals surface area contributed by atoms with E-state index in [0.29, 0.717) is 5.75 Å². The molecule has 0 aliphatic heterocycles. The minimum atomic E-state index is 0.443. The van der Waals surface area contributed by atoms with Crippen molar-refractivity contribution in [3.63, 3.8) is 0 Å². The fraction of sp³-hybridized carbons (Fsp3) is 0.455. The normalized spacial score (nSPS) is 10.3. The second kappa shape index (κ2) is 3.18. The number of aromatic hydroxyl groups is 1. The summed E-state index contributed by atoms with van der Waals surface area (Å²) in [5.74, 6) is 0.443. The van der Waals surface area contributed by atoms with Crippen LogP contribution < -0.4 is 0 Å². The fourth-order valence-corrected chi connectivity index (χ4v) is 1.56. The molecule has 1 rings (SSSR count). The lowest BCUT2D eigenvalue weighted by Crippen LogP contribution is -1.93. The molecule has 0 bridgehead atoms. The van der Waals surface area contributed by atoms with E-state index in [0.717, 1.165) is 12.0 Å². The largest absolute Gasteiger partial charge is 0.508 e. The van der Waals surface area contributed by atoms with E-state index in [1.54, 1.807) is 0 Å². The Morgan fingerprint density at radius 1 is 1.17 bits per heavy atom. The minimum Gasteiger partial charge on any atom is -0.508 e. The van der Waals surface area contributed by atoms with Crippen molar-refractivity contribution < 1.29 is 5.11 Å². The first kappa shape index (κ1) is 9.11. The van der Waals surface area contributed by atoms with Gasteiger partial charge in [-0.05, 0) is 55.5 Å². The molecule has 1 nitrogen and oxygen atoms in total. The zero-order chi connectivity index (χ0) is 9.30. The summed E-state index contributed by atoms with van der Waals surface area (Å²) in [6, 6.07) is 1.85. The second-order valence-corrected chi connectivity index (χ2v) is 3.29. The van der Waals surface area contributed by atoms with E-state index < -0.39 is 0 Å². The average molecular weight is 164 g/mol. The van der Waals surface area contributed by atoms with E-state index in [-0.39, 0.29) is 0 Å². The fourth-order valence-electron chi connectivity index (χ4n) is 1.56. The SMILES string of the molecule is CCc1c(O)cc(C)c(C)c1C. The van der Waals surface area contributed by atoms with Gasteiger partial charge in [0.2, 0.25) is 0 Å². The Hall–Kier alpha value is -0.980. The molecular formula is C11H16O. The molecule has 66 valence electrons. The van der Waals surface area contributed by atoms with Crippen LogP contribution in [-0.2, 0) is 6.42 Å². The lowest BCUT2D eigenvalue weighted by molar-refractivity contribution is 0.467. The maximum absolute atomic E-state index is 9.60. The van der Waals surface area contributed by atoms with E-state index in [4.69, 9.17) is 0 Å². The van der Waals surface area contributed by atoms with Gasteiger partial charge in [0.05, 0.1) is 0 Å². The topological polar surface area (TPSA) is 20.2 Å². The van der Waals surface area contributed by atoms with Crippen molar-refractivity contribution in [3.05, 3.63) is 28.3 Å². The average Bonchev–Trinajstić information content (AvgIpc) is 2.01. The number of rotatable bonds is 1. The lowest BCUT2D eigenvalue weighted by atomic mass is 9.96. The second-order valence-electron chi connectivity index (χ2n) is 3.29. The van der Waals surface area contributed by atoms with Crippen molar-refractivity contribution in [3.8, 4) is 5.75 Å². The Morgan fingerprint density at radius 3 is 2.25 bits per heavy atom. The van der Waals surface area contributed by atoms with Crippen LogP contribution in [0.15, 0.2) is 6.07 Å².